The number of benzene rings is 2. The highest BCUT2D eigenvalue weighted by Gasteiger charge is 2.06. The number of ketones is 1. The molecule has 25 heavy (non-hydrogen) atoms. The lowest BCUT2D eigenvalue weighted by Crippen LogP contribution is -1.95. The van der Waals surface area contributed by atoms with Crippen molar-refractivity contribution in [2.75, 3.05) is 7.11 Å². The minimum absolute atomic E-state index is 0.206. The molecule has 0 saturated heterocycles. The molecule has 0 radical (unpaired) electrons. The predicted octanol–water partition coefficient (Wildman–Crippen LogP) is 4.66. The Labute approximate surface area is 149 Å². The molecule has 122 valence electrons. The quantitative estimate of drug-likeness (QED) is 0.390. The van der Waals surface area contributed by atoms with Gasteiger partial charge >= 0.3 is 0 Å². The first-order valence-corrected chi connectivity index (χ1v) is 7.85. The highest BCUT2D eigenvalue weighted by atomic mass is 35.5. The Bertz CT molecular complexity index is 1040. The van der Waals surface area contributed by atoms with E-state index in [1.807, 2.05) is 24.3 Å². The summed E-state index contributed by atoms with van der Waals surface area (Å²) in [6.07, 6.45) is 3.05. The molecule has 5 heteroatoms. The minimum Gasteiger partial charge on any atom is -0.497 e. The minimum atomic E-state index is -0.206. The Balaban J connectivity index is 1.91. The van der Waals surface area contributed by atoms with Gasteiger partial charge < -0.3 is 4.74 Å². The van der Waals surface area contributed by atoms with Gasteiger partial charge in [0.1, 0.15) is 10.9 Å². The van der Waals surface area contributed by atoms with E-state index in [9.17, 15) is 4.79 Å². The first-order chi connectivity index (χ1) is 12.1. The van der Waals surface area contributed by atoms with Crippen LogP contribution < -0.4 is 4.74 Å². The van der Waals surface area contributed by atoms with Crippen LogP contribution in [0.5, 0.6) is 5.75 Å². The van der Waals surface area contributed by atoms with Crippen LogP contribution in [0.4, 0.5) is 0 Å². The number of hydrogen-bond donors (Lipinski definition) is 0. The van der Waals surface area contributed by atoms with Crippen molar-refractivity contribution in [1.29, 1.82) is 5.26 Å². The summed E-state index contributed by atoms with van der Waals surface area (Å²) in [5.74, 6) is 0.495. The number of rotatable bonds is 4. The number of carbonyl (C=O) groups excluding carboxylic acids is 1. The van der Waals surface area contributed by atoms with E-state index in [0.29, 0.717) is 27.6 Å². The van der Waals surface area contributed by atoms with Crippen LogP contribution in [0.15, 0.2) is 54.6 Å². The monoisotopic (exact) mass is 348 g/mol. The van der Waals surface area contributed by atoms with Gasteiger partial charge in [0.15, 0.2) is 5.78 Å². The van der Waals surface area contributed by atoms with Crippen molar-refractivity contribution >= 4 is 34.4 Å². The third kappa shape index (κ3) is 3.68. The Morgan fingerprint density at radius 3 is 2.84 bits per heavy atom. The molecule has 3 rings (SSSR count). The van der Waals surface area contributed by atoms with Crippen LogP contribution in [0, 0.1) is 11.3 Å². The van der Waals surface area contributed by atoms with Crippen molar-refractivity contribution in [3.8, 4) is 11.8 Å². The largest absolute Gasteiger partial charge is 0.497 e. The molecule has 0 atom stereocenters. The number of allylic oxidation sites excluding steroid dienone is 1. The summed E-state index contributed by atoms with van der Waals surface area (Å²) >= 11 is 6.22. The average molecular weight is 349 g/mol. The van der Waals surface area contributed by atoms with Crippen LogP contribution in [0.1, 0.15) is 21.5 Å². The number of carbonyl (C=O) groups is 1. The summed E-state index contributed by atoms with van der Waals surface area (Å²) in [5, 5.41) is 10.1. The highest BCUT2D eigenvalue weighted by Crippen LogP contribution is 2.25. The molecule has 0 amide bonds. The average Bonchev–Trinajstić information content (AvgIpc) is 2.65. The Morgan fingerprint density at radius 2 is 2.08 bits per heavy atom. The number of pyridine rings is 1. The van der Waals surface area contributed by atoms with Gasteiger partial charge in [-0.15, -0.1) is 0 Å². The molecule has 0 bridgehead atoms. The van der Waals surface area contributed by atoms with Gasteiger partial charge in [-0.1, -0.05) is 23.7 Å². The third-order valence-electron chi connectivity index (χ3n) is 3.70. The molecule has 1 aromatic heterocycles. The smallest absolute Gasteiger partial charge is 0.185 e. The van der Waals surface area contributed by atoms with Gasteiger partial charge in [-0.2, -0.15) is 5.26 Å². The maximum absolute atomic E-state index is 12.3. The zero-order valence-corrected chi connectivity index (χ0v) is 14.1. The van der Waals surface area contributed by atoms with Gasteiger partial charge in [0, 0.05) is 22.6 Å². The Hall–Kier alpha value is -3.16. The molecule has 0 aliphatic rings. The van der Waals surface area contributed by atoms with Gasteiger partial charge in [0.2, 0.25) is 0 Å². The van der Waals surface area contributed by atoms with Crippen LogP contribution in [0.3, 0.4) is 0 Å². The van der Waals surface area contributed by atoms with E-state index >= 15 is 0 Å². The van der Waals surface area contributed by atoms with E-state index in [1.54, 1.807) is 43.5 Å². The van der Waals surface area contributed by atoms with E-state index in [-0.39, 0.29) is 5.78 Å². The summed E-state index contributed by atoms with van der Waals surface area (Å²) in [5.41, 5.74) is 2.25. The number of hydrogen-bond acceptors (Lipinski definition) is 4. The fourth-order valence-corrected chi connectivity index (χ4v) is 2.60. The van der Waals surface area contributed by atoms with Gasteiger partial charge in [-0.25, -0.2) is 4.98 Å². The molecule has 4 nitrogen and oxygen atoms in total. The molecule has 1 heterocycles. The zero-order valence-electron chi connectivity index (χ0n) is 13.4. The lowest BCUT2D eigenvalue weighted by Gasteiger charge is -2.05. The van der Waals surface area contributed by atoms with Crippen LogP contribution in [-0.2, 0) is 0 Å². The van der Waals surface area contributed by atoms with E-state index in [2.05, 4.69) is 4.98 Å². The van der Waals surface area contributed by atoms with E-state index < -0.39 is 0 Å². The lowest BCUT2D eigenvalue weighted by molar-refractivity contribution is 0.104. The maximum atomic E-state index is 12.3. The molecule has 0 aliphatic carbocycles. The van der Waals surface area contributed by atoms with Gasteiger partial charge in [-0.3, -0.25) is 4.79 Å². The molecule has 0 unspecified atom stereocenters. The van der Waals surface area contributed by atoms with Crippen LogP contribution in [0.2, 0.25) is 5.15 Å². The van der Waals surface area contributed by atoms with Crippen LogP contribution in [-0.4, -0.2) is 17.9 Å². The number of aromatic nitrogens is 1. The number of methoxy groups -OCH3 is 1. The summed E-state index contributed by atoms with van der Waals surface area (Å²) in [6.45, 7) is 0. The molecule has 3 aromatic rings. The molecule has 0 saturated carbocycles. The second-order valence-electron chi connectivity index (χ2n) is 5.32. The summed E-state index contributed by atoms with van der Waals surface area (Å²) < 4.78 is 5.17. The van der Waals surface area contributed by atoms with Crippen molar-refractivity contribution < 1.29 is 9.53 Å². The van der Waals surface area contributed by atoms with Crippen LogP contribution in [0.25, 0.3) is 17.0 Å². The fraction of sp³-hybridized carbons (Fsp3) is 0.0500. The molecule has 0 N–H and O–H groups in total. The number of nitriles is 1. The number of halogens is 1. The molecular weight excluding hydrogens is 336 g/mol. The zero-order chi connectivity index (χ0) is 17.8. The summed E-state index contributed by atoms with van der Waals surface area (Å²) in [4.78, 5) is 16.6. The second-order valence-corrected chi connectivity index (χ2v) is 5.68. The normalized spacial score (nSPS) is 10.8. The topological polar surface area (TPSA) is 63.0 Å². The van der Waals surface area contributed by atoms with Crippen LogP contribution >= 0.6 is 11.6 Å². The van der Waals surface area contributed by atoms with Crippen molar-refractivity contribution in [2.45, 2.75) is 0 Å². The van der Waals surface area contributed by atoms with Crippen molar-refractivity contribution in [3.05, 3.63) is 76.5 Å². The maximum Gasteiger partial charge on any atom is 0.185 e. The van der Waals surface area contributed by atoms with Gasteiger partial charge in [0.25, 0.3) is 0 Å². The Morgan fingerprint density at radius 1 is 1.24 bits per heavy atom. The molecule has 0 fully saturated rings. The number of fused-ring (bicyclic) bond motifs is 1. The first-order valence-electron chi connectivity index (χ1n) is 7.47. The van der Waals surface area contributed by atoms with Gasteiger partial charge in [-0.05, 0) is 42.5 Å². The standard InChI is InChI=1S/C20H13ClN2O2/c1-25-17-7-5-14-10-16(20(21)23-18(14)11-17)6-8-19(24)15-4-2-3-13(9-15)12-22/h2-11H,1H3/b8-6+. The molecule has 0 aliphatic heterocycles. The lowest BCUT2D eigenvalue weighted by atomic mass is 10.1. The fourth-order valence-electron chi connectivity index (χ4n) is 2.39. The van der Waals surface area contributed by atoms with Crippen molar-refractivity contribution in [1.82, 2.24) is 4.98 Å². The van der Waals surface area contributed by atoms with E-state index in [4.69, 9.17) is 21.6 Å². The second kappa shape index (κ2) is 7.16. The highest BCUT2D eigenvalue weighted by molar-refractivity contribution is 6.31. The third-order valence-corrected chi connectivity index (χ3v) is 4.00. The molecule has 0 spiro atoms. The first kappa shape index (κ1) is 16.7. The van der Waals surface area contributed by atoms with Crippen molar-refractivity contribution in [2.24, 2.45) is 0 Å². The van der Waals surface area contributed by atoms with Gasteiger partial charge in [0.05, 0.1) is 24.3 Å². The van der Waals surface area contributed by atoms with E-state index in [1.165, 1.54) is 6.08 Å². The Kier molecular flexibility index (Phi) is 4.78. The number of nitrogens with zero attached hydrogens (tertiary/aromatic N) is 2. The SMILES string of the molecule is COc1ccc2cc(/C=C/C(=O)c3cccc(C#N)c3)c(Cl)nc2c1. The molecule has 2 aromatic carbocycles. The predicted molar refractivity (Wildman–Crippen MR) is 97.8 cm³/mol. The van der Waals surface area contributed by atoms with E-state index in [0.717, 1.165) is 10.9 Å². The summed E-state index contributed by atoms with van der Waals surface area (Å²) in [6, 6.07) is 15.9. The number of ether oxygens (including phenoxy) is 1. The molecular formula is C20H13ClN2O2. The summed E-state index contributed by atoms with van der Waals surface area (Å²) in [7, 11) is 1.59. The van der Waals surface area contributed by atoms with Crippen molar-refractivity contribution in [3.63, 3.8) is 0 Å².